The first kappa shape index (κ1) is 15.5. The van der Waals surface area contributed by atoms with Gasteiger partial charge in [0, 0.05) is 32.7 Å². The standard InChI is InChI=1S/C18H30N2/c1-14-10-15(2)17(16(3)11-14)12-18(4,5)13-20-8-6-19-7-9-20/h10-11,19H,6-9,12-13H2,1-5H3. The number of benzene rings is 1. The molecule has 0 saturated carbocycles. The van der Waals surface area contributed by atoms with Gasteiger partial charge in [-0.05, 0) is 49.3 Å². The summed E-state index contributed by atoms with van der Waals surface area (Å²) < 4.78 is 0. The molecule has 0 aromatic heterocycles. The zero-order chi connectivity index (χ0) is 14.8. The Morgan fingerprint density at radius 2 is 1.60 bits per heavy atom. The number of nitrogens with one attached hydrogen (secondary N) is 1. The van der Waals surface area contributed by atoms with Crippen molar-refractivity contribution in [3.63, 3.8) is 0 Å². The lowest BCUT2D eigenvalue weighted by molar-refractivity contribution is 0.160. The predicted molar refractivity (Wildman–Crippen MR) is 87.4 cm³/mol. The molecule has 20 heavy (non-hydrogen) atoms. The van der Waals surface area contributed by atoms with Crippen LogP contribution in [0.3, 0.4) is 0 Å². The molecule has 0 radical (unpaired) electrons. The Hall–Kier alpha value is -0.860. The third-order valence-electron chi connectivity index (χ3n) is 4.36. The van der Waals surface area contributed by atoms with E-state index in [4.69, 9.17) is 0 Å². The van der Waals surface area contributed by atoms with Crippen molar-refractivity contribution in [1.29, 1.82) is 0 Å². The third kappa shape index (κ3) is 4.07. The Morgan fingerprint density at radius 3 is 2.15 bits per heavy atom. The van der Waals surface area contributed by atoms with Crippen LogP contribution in [-0.2, 0) is 6.42 Å². The highest BCUT2D eigenvalue weighted by molar-refractivity contribution is 5.38. The fraction of sp³-hybridized carbons (Fsp3) is 0.667. The van der Waals surface area contributed by atoms with Gasteiger partial charge in [0.2, 0.25) is 0 Å². The molecule has 0 atom stereocenters. The fourth-order valence-electron chi connectivity index (χ4n) is 3.50. The number of aryl methyl sites for hydroxylation is 3. The smallest absolute Gasteiger partial charge is 0.0108 e. The highest BCUT2D eigenvalue weighted by Crippen LogP contribution is 2.28. The summed E-state index contributed by atoms with van der Waals surface area (Å²) in [5.41, 5.74) is 6.17. The summed E-state index contributed by atoms with van der Waals surface area (Å²) in [6, 6.07) is 4.65. The lowest BCUT2D eigenvalue weighted by Crippen LogP contribution is -2.47. The van der Waals surface area contributed by atoms with Crippen LogP contribution in [0.2, 0.25) is 0 Å². The van der Waals surface area contributed by atoms with Crippen molar-refractivity contribution in [2.75, 3.05) is 32.7 Å². The summed E-state index contributed by atoms with van der Waals surface area (Å²) in [5, 5.41) is 3.43. The van der Waals surface area contributed by atoms with Crippen molar-refractivity contribution in [3.8, 4) is 0 Å². The topological polar surface area (TPSA) is 15.3 Å². The first-order chi connectivity index (χ1) is 9.37. The second kappa shape index (κ2) is 6.28. The molecule has 2 nitrogen and oxygen atoms in total. The summed E-state index contributed by atoms with van der Waals surface area (Å²) in [7, 11) is 0. The van der Waals surface area contributed by atoms with E-state index < -0.39 is 0 Å². The minimum absolute atomic E-state index is 0.335. The maximum absolute atomic E-state index is 3.43. The highest BCUT2D eigenvalue weighted by Gasteiger charge is 2.24. The molecule has 0 aliphatic carbocycles. The molecule has 0 spiro atoms. The number of piperazine rings is 1. The second-order valence-electron chi connectivity index (χ2n) is 7.24. The third-order valence-corrected chi connectivity index (χ3v) is 4.36. The van der Waals surface area contributed by atoms with Crippen molar-refractivity contribution in [3.05, 3.63) is 34.4 Å². The average molecular weight is 274 g/mol. The molecule has 0 bridgehead atoms. The van der Waals surface area contributed by atoms with Crippen molar-refractivity contribution >= 4 is 0 Å². The van der Waals surface area contributed by atoms with E-state index in [0.29, 0.717) is 5.41 Å². The molecule has 2 heteroatoms. The Balaban J connectivity index is 2.07. The van der Waals surface area contributed by atoms with Gasteiger partial charge in [-0.1, -0.05) is 31.5 Å². The normalized spacial score (nSPS) is 17.4. The van der Waals surface area contributed by atoms with E-state index in [0.717, 1.165) is 13.1 Å². The first-order valence-electron chi connectivity index (χ1n) is 7.87. The van der Waals surface area contributed by atoms with E-state index in [-0.39, 0.29) is 0 Å². The van der Waals surface area contributed by atoms with Crippen LogP contribution in [0.15, 0.2) is 12.1 Å². The van der Waals surface area contributed by atoms with Gasteiger partial charge in [0.05, 0.1) is 0 Å². The monoisotopic (exact) mass is 274 g/mol. The van der Waals surface area contributed by atoms with E-state index in [1.54, 1.807) is 5.56 Å². The van der Waals surface area contributed by atoms with Crippen molar-refractivity contribution < 1.29 is 0 Å². The van der Waals surface area contributed by atoms with Crippen molar-refractivity contribution in [1.82, 2.24) is 10.2 Å². The molecule has 1 aromatic carbocycles. The molecule has 0 unspecified atom stereocenters. The molecular formula is C18H30N2. The molecule has 1 aliphatic rings. The van der Waals surface area contributed by atoms with Crippen molar-refractivity contribution in [2.24, 2.45) is 5.41 Å². The zero-order valence-corrected chi connectivity index (χ0v) is 13.8. The summed E-state index contributed by atoms with van der Waals surface area (Å²) >= 11 is 0. The van der Waals surface area contributed by atoms with Gasteiger partial charge >= 0.3 is 0 Å². The van der Waals surface area contributed by atoms with Crippen molar-refractivity contribution in [2.45, 2.75) is 41.0 Å². The molecule has 2 rings (SSSR count). The highest BCUT2D eigenvalue weighted by atomic mass is 15.2. The molecule has 0 amide bonds. The minimum Gasteiger partial charge on any atom is -0.314 e. The maximum atomic E-state index is 3.43. The van der Waals surface area contributed by atoms with E-state index in [1.165, 1.54) is 42.7 Å². The summed E-state index contributed by atoms with van der Waals surface area (Å²) in [6.07, 6.45) is 1.18. The van der Waals surface area contributed by atoms with E-state index in [1.807, 2.05) is 0 Å². The van der Waals surface area contributed by atoms with Gasteiger partial charge in [0.25, 0.3) is 0 Å². The quantitative estimate of drug-likeness (QED) is 0.907. The average Bonchev–Trinajstić information content (AvgIpc) is 2.34. The molecular weight excluding hydrogens is 244 g/mol. The van der Waals surface area contributed by atoms with Gasteiger partial charge in [0.15, 0.2) is 0 Å². The van der Waals surface area contributed by atoms with Gasteiger partial charge < -0.3 is 10.2 Å². The molecule has 1 N–H and O–H groups in total. The molecule has 1 heterocycles. The summed E-state index contributed by atoms with van der Waals surface area (Å²) in [4.78, 5) is 2.61. The zero-order valence-electron chi connectivity index (χ0n) is 13.8. The Morgan fingerprint density at radius 1 is 1.05 bits per heavy atom. The number of hydrogen-bond acceptors (Lipinski definition) is 2. The largest absolute Gasteiger partial charge is 0.314 e. The van der Waals surface area contributed by atoms with Gasteiger partial charge in [-0.3, -0.25) is 0 Å². The van der Waals surface area contributed by atoms with E-state index in [9.17, 15) is 0 Å². The lowest BCUT2D eigenvalue weighted by Gasteiger charge is -2.36. The molecule has 1 aromatic rings. The van der Waals surface area contributed by atoms with Crippen LogP contribution in [0.1, 0.15) is 36.1 Å². The Labute approximate surface area is 124 Å². The molecule has 1 aliphatic heterocycles. The summed E-state index contributed by atoms with van der Waals surface area (Å²) in [6.45, 7) is 17.4. The van der Waals surface area contributed by atoms with Gasteiger partial charge in [-0.2, -0.15) is 0 Å². The van der Waals surface area contributed by atoms with Crippen LogP contribution in [0, 0.1) is 26.2 Å². The Kier molecular flexibility index (Phi) is 4.87. The van der Waals surface area contributed by atoms with E-state index >= 15 is 0 Å². The molecule has 1 fully saturated rings. The van der Waals surface area contributed by atoms with E-state index in [2.05, 4.69) is 57.0 Å². The number of hydrogen-bond donors (Lipinski definition) is 1. The van der Waals surface area contributed by atoms with Crippen LogP contribution in [0.25, 0.3) is 0 Å². The van der Waals surface area contributed by atoms with Crippen LogP contribution >= 0.6 is 0 Å². The van der Waals surface area contributed by atoms with Crippen LogP contribution < -0.4 is 5.32 Å². The molecule has 112 valence electrons. The number of nitrogens with zero attached hydrogens (tertiary/aromatic N) is 1. The Bertz CT molecular complexity index is 433. The van der Waals surface area contributed by atoms with Crippen LogP contribution in [0.5, 0.6) is 0 Å². The van der Waals surface area contributed by atoms with Crippen LogP contribution in [0.4, 0.5) is 0 Å². The lowest BCUT2D eigenvalue weighted by atomic mass is 9.81. The second-order valence-corrected chi connectivity index (χ2v) is 7.24. The minimum atomic E-state index is 0.335. The summed E-state index contributed by atoms with van der Waals surface area (Å²) in [5.74, 6) is 0. The van der Waals surface area contributed by atoms with Gasteiger partial charge in [-0.25, -0.2) is 0 Å². The molecule has 1 saturated heterocycles. The predicted octanol–water partition coefficient (Wildman–Crippen LogP) is 3.09. The first-order valence-corrected chi connectivity index (χ1v) is 7.87. The van der Waals surface area contributed by atoms with Gasteiger partial charge in [-0.15, -0.1) is 0 Å². The number of rotatable bonds is 4. The van der Waals surface area contributed by atoms with Crippen LogP contribution in [-0.4, -0.2) is 37.6 Å². The van der Waals surface area contributed by atoms with Gasteiger partial charge in [0.1, 0.15) is 0 Å². The fourth-order valence-corrected chi connectivity index (χ4v) is 3.50. The SMILES string of the molecule is Cc1cc(C)c(CC(C)(C)CN2CCNCC2)c(C)c1. The maximum Gasteiger partial charge on any atom is 0.0108 e.